The molecule has 5 nitrogen and oxygen atoms in total. The lowest BCUT2D eigenvalue weighted by molar-refractivity contribution is 0.0690. The maximum absolute atomic E-state index is 11.6. The van der Waals surface area contributed by atoms with Crippen molar-refractivity contribution >= 4 is 11.6 Å². The average molecular weight is 181 g/mol. The molecule has 0 radical (unpaired) electrons. The third-order valence-corrected chi connectivity index (χ3v) is 1.98. The van der Waals surface area contributed by atoms with Crippen LogP contribution in [0.15, 0.2) is 12.3 Å². The SMILES string of the molecule is Nc1c[nH]c(C(=O)N2CCOC2)c1. The first-order valence-electron chi connectivity index (χ1n) is 4.08. The zero-order valence-electron chi connectivity index (χ0n) is 7.12. The van der Waals surface area contributed by atoms with Gasteiger partial charge in [0.1, 0.15) is 12.4 Å². The first kappa shape index (κ1) is 8.12. The topological polar surface area (TPSA) is 71.4 Å². The van der Waals surface area contributed by atoms with E-state index < -0.39 is 0 Å². The summed E-state index contributed by atoms with van der Waals surface area (Å²) < 4.78 is 5.07. The summed E-state index contributed by atoms with van der Waals surface area (Å²) >= 11 is 0. The Bertz CT molecular complexity index is 315. The summed E-state index contributed by atoms with van der Waals surface area (Å²) in [4.78, 5) is 16.1. The van der Waals surface area contributed by atoms with Crippen molar-refractivity contribution in [1.29, 1.82) is 0 Å². The Kier molecular flexibility index (Phi) is 1.94. The van der Waals surface area contributed by atoms with E-state index in [0.717, 1.165) is 0 Å². The van der Waals surface area contributed by atoms with Crippen molar-refractivity contribution in [1.82, 2.24) is 9.88 Å². The van der Waals surface area contributed by atoms with Crippen LogP contribution in [0, 0.1) is 0 Å². The smallest absolute Gasteiger partial charge is 0.272 e. The van der Waals surface area contributed by atoms with Crippen molar-refractivity contribution in [2.24, 2.45) is 0 Å². The molecule has 1 aromatic heterocycles. The summed E-state index contributed by atoms with van der Waals surface area (Å²) in [5, 5.41) is 0. The zero-order valence-corrected chi connectivity index (χ0v) is 7.12. The minimum Gasteiger partial charge on any atom is -0.397 e. The second-order valence-electron chi connectivity index (χ2n) is 2.95. The number of aromatic nitrogens is 1. The second-order valence-corrected chi connectivity index (χ2v) is 2.95. The number of hydrogen-bond acceptors (Lipinski definition) is 3. The minimum absolute atomic E-state index is 0.0609. The fourth-order valence-electron chi connectivity index (χ4n) is 1.28. The minimum atomic E-state index is -0.0609. The quantitative estimate of drug-likeness (QED) is 0.642. The van der Waals surface area contributed by atoms with Gasteiger partial charge in [-0.2, -0.15) is 0 Å². The number of H-pyrrole nitrogens is 1. The Labute approximate surface area is 75.5 Å². The molecule has 13 heavy (non-hydrogen) atoms. The molecule has 0 spiro atoms. The van der Waals surface area contributed by atoms with Gasteiger partial charge in [0, 0.05) is 18.4 Å². The molecule has 0 unspecified atom stereocenters. The van der Waals surface area contributed by atoms with Crippen LogP contribution >= 0.6 is 0 Å². The molecule has 0 saturated carbocycles. The van der Waals surface area contributed by atoms with E-state index in [9.17, 15) is 4.79 Å². The highest BCUT2D eigenvalue weighted by Gasteiger charge is 2.20. The highest BCUT2D eigenvalue weighted by Crippen LogP contribution is 2.10. The van der Waals surface area contributed by atoms with E-state index in [1.165, 1.54) is 0 Å². The highest BCUT2D eigenvalue weighted by molar-refractivity contribution is 5.93. The summed E-state index contributed by atoms with van der Waals surface area (Å²) in [6, 6.07) is 1.63. The van der Waals surface area contributed by atoms with Gasteiger partial charge in [-0.15, -0.1) is 0 Å². The fraction of sp³-hybridized carbons (Fsp3) is 0.375. The van der Waals surface area contributed by atoms with Gasteiger partial charge in [0.25, 0.3) is 5.91 Å². The number of nitrogen functional groups attached to an aromatic ring is 1. The lowest BCUT2D eigenvalue weighted by Gasteiger charge is -2.11. The lowest BCUT2D eigenvalue weighted by Crippen LogP contribution is -2.28. The molecule has 0 aromatic carbocycles. The number of carbonyl (C=O) groups is 1. The van der Waals surface area contributed by atoms with Crippen LogP contribution in [0.4, 0.5) is 5.69 Å². The Morgan fingerprint density at radius 3 is 3.08 bits per heavy atom. The van der Waals surface area contributed by atoms with Gasteiger partial charge in [0.15, 0.2) is 0 Å². The lowest BCUT2D eigenvalue weighted by atomic mass is 10.3. The number of rotatable bonds is 1. The third kappa shape index (κ3) is 1.50. The Hall–Kier alpha value is -1.49. The Morgan fingerprint density at radius 1 is 1.69 bits per heavy atom. The first-order chi connectivity index (χ1) is 6.27. The molecule has 1 fully saturated rings. The average Bonchev–Trinajstić information content (AvgIpc) is 2.72. The number of carbonyl (C=O) groups excluding carboxylic acids is 1. The summed E-state index contributed by atoms with van der Waals surface area (Å²) in [7, 11) is 0. The van der Waals surface area contributed by atoms with E-state index in [-0.39, 0.29) is 5.91 Å². The number of hydrogen-bond donors (Lipinski definition) is 2. The first-order valence-corrected chi connectivity index (χ1v) is 4.08. The van der Waals surface area contributed by atoms with E-state index in [4.69, 9.17) is 10.5 Å². The van der Waals surface area contributed by atoms with Crippen LogP contribution < -0.4 is 5.73 Å². The molecule has 1 saturated heterocycles. The standard InChI is InChI=1S/C8H11N3O2/c9-6-3-7(10-4-6)8(12)11-1-2-13-5-11/h3-4,10H,1-2,5,9H2. The van der Waals surface area contributed by atoms with Crippen molar-refractivity contribution in [2.75, 3.05) is 25.6 Å². The number of nitrogens with two attached hydrogens (primary N) is 1. The van der Waals surface area contributed by atoms with E-state index in [2.05, 4.69) is 4.98 Å². The number of anilines is 1. The molecule has 0 aliphatic carbocycles. The van der Waals surface area contributed by atoms with Crippen LogP contribution in [0.5, 0.6) is 0 Å². The van der Waals surface area contributed by atoms with Crippen molar-refractivity contribution in [3.05, 3.63) is 18.0 Å². The van der Waals surface area contributed by atoms with E-state index >= 15 is 0 Å². The molecule has 1 aromatic rings. The van der Waals surface area contributed by atoms with Gasteiger partial charge in [-0.3, -0.25) is 4.79 Å². The predicted molar refractivity (Wildman–Crippen MR) is 47.1 cm³/mol. The second kappa shape index (κ2) is 3.10. The molecular weight excluding hydrogens is 170 g/mol. The molecule has 0 bridgehead atoms. The number of aromatic amines is 1. The summed E-state index contributed by atoms with van der Waals surface area (Å²) in [6.45, 7) is 1.64. The van der Waals surface area contributed by atoms with E-state index in [1.54, 1.807) is 17.2 Å². The Balaban J connectivity index is 2.12. The summed E-state index contributed by atoms with van der Waals surface area (Å²) in [6.07, 6.45) is 1.60. The van der Waals surface area contributed by atoms with Gasteiger partial charge in [0.2, 0.25) is 0 Å². The largest absolute Gasteiger partial charge is 0.397 e. The van der Waals surface area contributed by atoms with Gasteiger partial charge in [-0.25, -0.2) is 0 Å². The molecular formula is C8H11N3O2. The van der Waals surface area contributed by atoms with Crippen molar-refractivity contribution in [3.63, 3.8) is 0 Å². The molecule has 5 heteroatoms. The number of nitrogens with zero attached hydrogens (tertiary/aromatic N) is 1. The van der Waals surface area contributed by atoms with Crippen LogP contribution in [0.2, 0.25) is 0 Å². The van der Waals surface area contributed by atoms with Crippen LogP contribution in [0.25, 0.3) is 0 Å². The van der Waals surface area contributed by atoms with Crippen LogP contribution in [0.3, 0.4) is 0 Å². The number of amides is 1. The predicted octanol–water partition coefficient (Wildman–Crippen LogP) is 0.0268. The maximum atomic E-state index is 11.6. The van der Waals surface area contributed by atoms with Gasteiger partial charge < -0.3 is 20.4 Å². The van der Waals surface area contributed by atoms with Crippen LogP contribution in [-0.4, -0.2) is 35.7 Å². The summed E-state index contributed by atoms with van der Waals surface area (Å²) in [5.74, 6) is -0.0609. The van der Waals surface area contributed by atoms with Crippen molar-refractivity contribution in [2.45, 2.75) is 0 Å². The van der Waals surface area contributed by atoms with Crippen molar-refractivity contribution < 1.29 is 9.53 Å². The molecule has 1 aliphatic rings. The zero-order chi connectivity index (χ0) is 9.26. The van der Waals surface area contributed by atoms with Gasteiger partial charge in [-0.05, 0) is 6.07 Å². The fourth-order valence-corrected chi connectivity index (χ4v) is 1.28. The van der Waals surface area contributed by atoms with Crippen LogP contribution in [-0.2, 0) is 4.74 Å². The Morgan fingerprint density at radius 2 is 2.54 bits per heavy atom. The molecule has 2 heterocycles. The van der Waals surface area contributed by atoms with Crippen LogP contribution in [0.1, 0.15) is 10.5 Å². The molecule has 1 amide bonds. The molecule has 2 rings (SSSR count). The van der Waals surface area contributed by atoms with Gasteiger partial charge in [0.05, 0.1) is 6.61 Å². The summed E-state index contributed by atoms with van der Waals surface area (Å²) in [5.41, 5.74) is 6.57. The van der Waals surface area contributed by atoms with Gasteiger partial charge in [-0.1, -0.05) is 0 Å². The van der Waals surface area contributed by atoms with Gasteiger partial charge >= 0.3 is 0 Å². The monoisotopic (exact) mass is 181 g/mol. The van der Waals surface area contributed by atoms with E-state index in [1.807, 2.05) is 0 Å². The number of nitrogens with one attached hydrogen (secondary N) is 1. The maximum Gasteiger partial charge on any atom is 0.272 e. The van der Waals surface area contributed by atoms with E-state index in [0.29, 0.717) is 31.3 Å². The highest BCUT2D eigenvalue weighted by atomic mass is 16.5. The molecule has 3 N–H and O–H groups in total. The third-order valence-electron chi connectivity index (χ3n) is 1.98. The number of ether oxygens (including phenoxy) is 1. The normalized spacial score (nSPS) is 16.5. The van der Waals surface area contributed by atoms with Crippen molar-refractivity contribution in [3.8, 4) is 0 Å². The molecule has 0 atom stereocenters. The molecule has 70 valence electrons. The molecule has 1 aliphatic heterocycles.